The van der Waals surface area contributed by atoms with E-state index in [1.807, 2.05) is 19.2 Å². The summed E-state index contributed by atoms with van der Waals surface area (Å²) >= 11 is 1.75. The topological polar surface area (TPSA) is 29.1 Å². The van der Waals surface area contributed by atoms with Gasteiger partial charge in [-0.25, -0.2) is 0 Å². The first kappa shape index (κ1) is 13.0. The first-order chi connectivity index (χ1) is 8.63. The van der Waals surface area contributed by atoms with Crippen LogP contribution in [0.4, 0.5) is 0 Å². The number of rotatable bonds is 4. The summed E-state index contributed by atoms with van der Waals surface area (Å²) in [5.41, 5.74) is 3.53. The quantitative estimate of drug-likeness (QED) is 0.909. The maximum absolute atomic E-state index is 11.5. The van der Waals surface area contributed by atoms with Gasteiger partial charge in [-0.2, -0.15) is 0 Å². The number of benzene rings is 1. The highest BCUT2D eigenvalue weighted by atomic mass is 32.1. The zero-order chi connectivity index (χ0) is 13.1. The normalized spacial score (nSPS) is 12.4. The van der Waals surface area contributed by atoms with E-state index in [0.717, 1.165) is 5.56 Å². The van der Waals surface area contributed by atoms with Crippen molar-refractivity contribution in [1.29, 1.82) is 0 Å². The van der Waals surface area contributed by atoms with E-state index in [4.69, 9.17) is 0 Å². The van der Waals surface area contributed by atoms with E-state index in [1.165, 1.54) is 16.0 Å². The van der Waals surface area contributed by atoms with Crippen LogP contribution in [0.1, 0.15) is 24.1 Å². The zero-order valence-corrected chi connectivity index (χ0v) is 11.7. The van der Waals surface area contributed by atoms with E-state index in [0.29, 0.717) is 0 Å². The Morgan fingerprint density at radius 2 is 1.89 bits per heavy atom. The fourth-order valence-electron chi connectivity index (χ4n) is 2.10. The molecule has 1 aromatic heterocycles. The Labute approximate surface area is 112 Å². The molecule has 0 saturated carbocycles. The monoisotopic (exact) mass is 259 g/mol. The number of likely N-dealkylation sites (N-methyl/N-ethyl adjacent to an activating group) is 1. The molecule has 0 amide bonds. The number of ketones is 1. The lowest BCUT2D eigenvalue weighted by Gasteiger charge is -2.13. The Hall–Kier alpha value is -1.45. The lowest BCUT2D eigenvalue weighted by atomic mass is 10.0. The van der Waals surface area contributed by atoms with Crippen LogP contribution in [0.2, 0.25) is 0 Å². The van der Waals surface area contributed by atoms with Gasteiger partial charge in [0.25, 0.3) is 0 Å². The summed E-state index contributed by atoms with van der Waals surface area (Å²) in [7, 11) is 1.81. The molecule has 94 valence electrons. The molecule has 0 unspecified atom stereocenters. The number of nitrogens with one attached hydrogen (secondary N) is 1. The molecular weight excluding hydrogens is 242 g/mol. The van der Waals surface area contributed by atoms with E-state index in [9.17, 15) is 4.79 Å². The van der Waals surface area contributed by atoms with E-state index in [-0.39, 0.29) is 11.8 Å². The van der Waals surface area contributed by atoms with Gasteiger partial charge in [-0.1, -0.05) is 24.3 Å². The Balaban J connectivity index is 2.31. The molecule has 2 aromatic rings. The highest BCUT2D eigenvalue weighted by Gasteiger charge is 2.14. The van der Waals surface area contributed by atoms with E-state index in [2.05, 4.69) is 35.8 Å². The van der Waals surface area contributed by atoms with Crippen LogP contribution in [0, 0.1) is 6.92 Å². The maximum atomic E-state index is 11.5. The predicted octanol–water partition coefficient (Wildman–Crippen LogP) is 3.57. The smallest absolute Gasteiger partial charge is 0.151 e. The summed E-state index contributed by atoms with van der Waals surface area (Å²) in [5, 5.41) is 5.14. The van der Waals surface area contributed by atoms with Gasteiger partial charge in [0, 0.05) is 4.88 Å². The van der Waals surface area contributed by atoms with Crippen molar-refractivity contribution in [2.24, 2.45) is 0 Å². The van der Waals surface area contributed by atoms with Crippen molar-refractivity contribution in [1.82, 2.24) is 5.32 Å². The van der Waals surface area contributed by atoms with Gasteiger partial charge >= 0.3 is 0 Å². The average molecular weight is 259 g/mol. The molecule has 0 bridgehead atoms. The molecule has 0 aliphatic carbocycles. The maximum Gasteiger partial charge on any atom is 0.151 e. The predicted molar refractivity (Wildman–Crippen MR) is 77.0 cm³/mol. The Morgan fingerprint density at radius 3 is 2.33 bits per heavy atom. The molecule has 2 rings (SSSR count). The zero-order valence-electron chi connectivity index (χ0n) is 10.9. The van der Waals surface area contributed by atoms with Crippen LogP contribution in [0.25, 0.3) is 10.4 Å². The van der Waals surface area contributed by atoms with E-state index in [1.54, 1.807) is 18.3 Å². The number of carbonyl (C=O) groups is 1. The second kappa shape index (κ2) is 5.46. The van der Waals surface area contributed by atoms with Crippen LogP contribution in [0.3, 0.4) is 0 Å². The van der Waals surface area contributed by atoms with Crippen LogP contribution in [0.15, 0.2) is 35.7 Å². The van der Waals surface area contributed by atoms with Crippen LogP contribution in [-0.2, 0) is 4.79 Å². The summed E-state index contributed by atoms with van der Waals surface area (Å²) < 4.78 is 0. The fraction of sp³-hybridized carbons (Fsp3) is 0.267. The molecule has 0 spiro atoms. The number of hydrogen-bond acceptors (Lipinski definition) is 3. The molecule has 1 aromatic carbocycles. The Morgan fingerprint density at radius 1 is 1.22 bits per heavy atom. The minimum atomic E-state index is -0.205. The molecule has 1 N–H and O–H groups in total. The molecule has 0 aliphatic rings. The Bertz CT molecular complexity index is 542. The van der Waals surface area contributed by atoms with Gasteiger partial charge in [-0.15, -0.1) is 11.3 Å². The fourth-order valence-corrected chi connectivity index (χ4v) is 3.03. The molecule has 0 aliphatic heterocycles. The number of hydrogen-bond donors (Lipinski definition) is 1. The standard InChI is InChI=1S/C15H17NOS/c1-10-8-9-18-15(10)13-6-4-12(5-7-13)14(16-3)11(2)17/h4-9,14,16H,1-3H3/t14-/m1/s1. The summed E-state index contributed by atoms with van der Waals surface area (Å²) in [6.45, 7) is 3.73. The minimum absolute atomic E-state index is 0.137. The van der Waals surface area contributed by atoms with Crippen molar-refractivity contribution in [3.05, 3.63) is 46.8 Å². The van der Waals surface area contributed by atoms with Crippen LogP contribution >= 0.6 is 11.3 Å². The molecule has 0 saturated heterocycles. The molecule has 0 radical (unpaired) electrons. The summed E-state index contributed by atoms with van der Waals surface area (Å²) in [6.07, 6.45) is 0. The van der Waals surface area contributed by atoms with Gasteiger partial charge in [0.15, 0.2) is 5.78 Å². The second-order valence-electron chi connectivity index (χ2n) is 4.39. The summed E-state index contributed by atoms with van der Waals surface area (Å²) in [5.74, 6) is 0.137. The lowest BCUT2D eigenvalue weighted by molar-refractivity contribution is -0.119. The van der Waals surface area contributed by atoms with Crippen molar-refractivity contribution in [3.8, 4) is 10.4 Å². The van der Waals surface area contributed by atoms with Crippen LogP contribution < -0.4 is 5.32 Å². The molecule has 18 heavy (non-hydrogen) atoms. The summed E-state index contributed by atoms with van der Waals surface area (Å²) in [4.78, 5) is 12.8. The summed E-state index contributed by atoms with van der Waals surface area (Å²) in [6, 6.07) is 10.1. The molecule has 3 heteroatoms. The van der Waals surface area contributed by atoms with Crippen molar-refractivity contribution in [3.63, 3.8) is 0 Å². The van der Waals surface area contributed by atoms with Crippen molar-refractivity contribution >= 4 is 17.1 Å². The minimum Gasteiger partial charge on any atom is -0.307 e. The van der Waals surface area contributed by atoms with Gasteiger partial charge in [0.1, 0.15) is 0 Å². The molecule has 1 atom stereocenters. The first-order valence-electron chi connectivity index (χ1n) is 5.95. The van der Waals surface area contributed by atoms with Crippen molar-refractivity contribution < 1.29 is 4.79 Å². The highest BCUT2D eigenvalue weighted by molar-refractivity contribution is 7.13. The second-order valence-corrected chi connectivity index (χ2v) is 5.30. The van der Waals surface area contributed by atoms with Crippen molar-refractivity contribution in [2.45, 2.75) is 19.9 Å². The largest absolute Gasteiger partial charge is 0.307 e. The van der Waals surface area contributed by atoms with Gasteiger partial charge in [-0.3, -0.25) is 4.79 Å². The van der Waals surface area contributed by atoms with Crippen LogP contribution in [0.5, 0.6) is 0 Å². The number of thiophene rings is 1. The third-order valence-corrected chi connectivity index (χ3v) is 4.13. The van der Waals surface area contributed by atoms with E-state index < -0.39 is 0 Å². The van der Waals surface area contributed by atoms with Gasteiger partial charge in [0.2, 0.25) is 0 Å². The lowest BCUT2D eigenvalue weighted by Crippen LogP contribution is -2.23. The third-order valence-electron chi connectivity index (χ3n) is 3.06. The number of aryl methyl sites for hydroxylation is 1. The van der Waals surface area contributed by atoms with Gasteiger partial charge in [-0.05, 0) is 49.0 Å². The molecule has 2 nitrogen and oxygen atoms in total. The van der Waals surface area contributed by atoms with Gasteiger partial charge in [0.05, 0.1) is 6.04 Å². The molecule has 0 fully saturated rings. The highest BCUT2D eigenvalue weighted by Crippen LogP contribution is 2.29. The number of Topliss-reactive ketones (excluding diaryl/α,β-unsaturated/α-hetero) is 1. The van der Waals surface area contributed by atoms with Crippen LogP contribution in [-0.4, -0.2) is 12.8 Å². The first-order valence-corrected chi connectivity index (χ1v) is 6.83. The Kier molecular flexibility index (Phi) is 3.94. The SMILES string of the molecule is CN[C@H](C(C)=O)c1ccc(-c2sccc2C)cc1. The van der Waals surface area contributed by atoms with Crippen molar-refractivity contribution in [2.75, 3.05) is 7.05 Å². The molecular formula is C15H17NOS. The van der Waals surface area contributed by atoms with E-state index >= 15 is 0 Å². The van der Waals surface area contributed by atoms with Gasteiger partial charge < -0.3 is 5.32 Å². The molecule has 1 heterocycles. The number of carbonyl (C=O) groups excluding carboxylic acids is 1. The average Bonchev–Trinajstić information content (AvgIpc) is 2.77. The third kappa shape index (κ3) is 2.52.